The van der Waals surface area contributed by atoms with Crippen LogP contribution in [-0.2, 0) is 19.1 Å². The van der Waals surface area contributed by atoms with Crippen LogP contribution in [0.25, 0.3) is 0 Å². The third-order valence-electron chi connectivity index (χ3n) is 5.99. The molecule has 4 rings (SSSR count). The van der Waals surface area contributed by atoms with E-state index >= 15 is 0 Å². The van der Waals surface area contributed by atoms with Crippen LogP contribution in [0, 0.1) is 0 Å². The van der Waals surface area contributed by atoms with Gasteiger partial charge in [-0.25, -0.2) is 4.90 Å². The van der Waals surface area contributed by atoms with Crippen LogP contribution in [0.5, 0.6) is 0 Å². The molecule has 0 N–H and O–H groups in total. The van der Waals surface area contributed by atoms with Gasteiger partial charge < -0.3 is 4.74 Å². The fourth-order valence-corrected chi connectivity index (χ4v) is 5.29. The summed E-state index contributed by atoms with van der Waals surface area (Å²) < 4.78 is 5.45. The van der Waals surface area contributed by atoms with E-state index in [1.807, 2.05) is 0 Å². The Morgan fingerprint density at radius 3 is 2.29 bits per heavy atom. The molecule has 164 valence electrons. The molecule has 0 aromatic heterocycles. The van der Waals surface area contributed by atoms with E-state index in [1.54, 1.807) is 6.07 Å². The highest BCUT2D eigenvalue weighted by molar-refractivity contribution is 8.14. The molecule has 1 aliphatic heterocycles. The van der Waals surface area contributed by atoms with Crippen molar-refractivity contribution in [2.24, 2.45) is 0 Å². The van der Waals surface area contributed by atoms with Gasteiger partial charge in [-0.1, -0.05) is 29.8 Å². The molecule has 1 aromatic rings. The summed E-state index contributed by atoms with van der Waals surface area (Å²) in [4.78, 5) is 51.5. The van der Waals surface area contributed by atoms with Crippen LogP contribution in [0.15, 0.2) is 29.3 Å². The highest BCUT2D eigenvalue weighted by atomic mass is 35.5. The van der Waals surface area contributed by atoms with Crippen molar-refractivity contribution in [3.63, 3.8) is 0 Å². The summed E-state index contributed by atoms with van der Waals surface area (Å²) in [5.41, 5.74) is 1.65. The van der Waals surface area contributed by atoms with E-state index in [0.29, 0.717) is 29.7 Å². The smallest absolute Gasteiger partial charge is 0.316 e. The van der Waals surface area contributed by atoms with Crippen LogP contribution >= 0.6 is 23.4 Å². The first-order chi connectivity index (χ1) is 15.0. The van der Waals surface area contributed by atoms with Gasteiger partial charge in [0, 0.05) is 16.7 Å². The van der Waals surface area contributed by atoms with Crippen LogP contribution < -0.4 is 4.90 Å². The maximum absolute atomic E-state index is 12.8. The second-order valence-corrected chi connectivity index (χ2v) is 9.46. The maximum atomic E-state index is 12.8. The van der Waals surface area contributed by atoms with Crippen molar-refractivity contribution >= 4 is 51.9 Å². The Labute approximate surface area is 190 Å². The zero-order chi connectivity index (χ0) is 22.0. The first-order valence-corrected chi connectivity index (χ1v) is 12.1. The lowest BCUT2D eigenvalue weighted by Gasteiger charge is -2.21. The molecule has 0 spiro atoms. The van der Waals surface area contributed by atoms with Crippen molar-refractivity contribution in [2.45, 2.75) is 63.9 Å². The normalized spacial score (nSPS) is 19.6. The molecule has 1 heterocycles. The number of carbonyl (C=O) groups excluding carboxylic acids is 4. The average molecular weight is 462 g/mol. The highest BCUT2D eigenvalue weighted by Crippen LogP contribution is 2.37. The quantitative estimate of drug-likeness (QED) is 0.461. The molecule has 0 saturated heterocycles. The zero-order valence-corrected chi connectivity index (χ0v) is 18.7. The van der Waals surface area contributed by atoms with Gasteiger partial charge in [-0.2, -0.15) is 0 Å². The van der Waals surface area contributed by atoms with Gasteiger partial charge in [0.05, 0.1) is 16.5 Å². The van der Waals surface area contributed by atoms with Crippen LogP contribution in [0.1, 0.15) is 68.1 Å². The summed E-state index contributed by atoms with van der Waals surface area (Å²) in [6, 6.07) is 4.52. The number of anilines is 1. The molecule has 0 unspecified atom stereocenters. The number of carbonyl (C=O) groups is 4. The monoisotopic (exact) mass is 461 g/mol. The van der Waals surface area contributed by atoms with Crippen LogP contribution in [0.2, 0.25) is 5.02 Å². The Hall–Kier alpha value is -2.12. The Kier molecular flexibility index (Phi) is 6.82. The number of hydrogen-bond acceptors (Lipinski definition) is 6. The van der Waals surface area contributed by atoms with Crippen molar-refractivity contribution in [1.29, 1.82) is 0 Å². The average Bonchev–Trinajstić information content (AvgIpc) is 3.04. The van der Waals surface area contributed by atoms with E-state index < -0.39 is 11.1 Å². The molecular weight excluding hydrogens is 438 g/mol. The number of rotatable bonds is 5. The van der Waals surface area contributed by atoms with E-state index in [9.17, 15) is 19.2 Å². The van der Waals surface area contributed by atoms with Crippen molar-refractivity contribution in [3.05, 3.63) is 39.9 Å². The number of benzene rings is 1. The Morgan fingerprint density at radius 2 is 1.65 bits per heavy atom. The predicted octanol–water partition coefficient (Wildman–Crippen LogP) is 4.83. The topological polar surface area (TPSA) is 80.8 Å². The third-order valence-corrected chi connectivity index (χ3v) is 7.18. The number of halogens is 1. The van der Waals surface area contributed by atoms with Gasteiger partial charge in [0.15, 0.2) is 0 Å². The Morgan fingerprint density at radius 1 is 1.00 bits per heavy atom. The van der Waals surface area contributed by atoms with E-state index in [0.717, 1.165) is 61.6 Å². The van der Waals surface area contributed by atoms with E-state index in [4.69, 9.17) is 16.3 Å². The molecule has 0 bridgehead atoms. The maximum Gasteiger partial charge on any atom is 0.316 e. The van der Waals surface area contributed by atoms with Crippen molar-refractivity contribution in [3.8, 4) is 0 Å². The minimum absolute atomic E-state index is 0.0606. The lowest BCUT2D eigenvalue weighted by Crippen LogP contribution is -2.31. The second kappa shape index (κ2) is 9.57. The Bertz CT molecular complexity index is 939. The van der Waals surface area contributed by atoms with Crippen LogP contribution in [0.4, 0.5) is 5.69 Å². The lowest BCUT2D eigenvalue weighted by molar-refractivity contribution is -0.147. The number of nitrogens with zero attached hydrogens (tertiary/aromatic N) is 1. The fraction of sp³-hybridized carbons (Fsp3) is 0.478. The van der Waals surface area contributed by atoms with Crippen molar-refractivity contribution in [1.82, 2.24) is 0 Å². The SMILES string of the molecule is O=C(CSC(=O)c1cc(N2C(=O)C3=C(CCCC3)C2=O)ccc1Cl)OC1CCCCC1. The summed E-state index contributed by atoms with van der Waals surface area (Å²) in [6.07, 6.45) is 7.95. The van der Waals surface area contributed by atoms with E-state index in [1.165, 1.54) is 12.1 Å². The molecule has 2 aliphatic carbocycles. The first-order valence-electron chi connectivity index (χ1n) is 10.7. The summed E-state index contributed by atoms with van der Waals surface area (Å²) in [6.45, 7) is 0. The van der Waals surface area contributed by atoms with Crippen molar-refractivity contribution in [2.75, 3.05) is 10.7 Å². The third kappa shape index (κ3) is 4.72. The number of thioether (sulfide) groups is 1. The zero-order valence-electron chi connectivity index (χ0n) is 17.2. The lowest BCUT2D eigenvalue weighted by atomic mass is 9.93. The summed E-state index contributed by atoms with van der Waals surface area (Å²) in [5.74, 6) is -1.15. The predicted molar refractivity (Wildman–Crippen MR) is 119 cm³/mol. The molecule has 1 aromatic carbocycles. The molecule has 3 aliphatic rings. The molecular formula is C23H24ClNO5S. The number of imide groups is 1. The van der Waals surface area contributed by atoms with Crippen LogP contribution in [0.3, 0.4) is 0 Å². The standard InChI is InChI=1S/C23H24ClNO5S/c24-19-11-10-14(25-21(27)16-8-4-5-9-17(16)22(25)28)12-18(19)23(29)31-13-20(26)30-15-6-2-1-3-7-15/h10-12,15H,1-9,13H2. The fourth-order valence-electron chi connectivity index (χ4n) is 4.39. The van der Waals surface area contributed by atoms with Crippen LogP contribution in [-0.4, -0.2) is 34.8 Å². The van der Waals surface area contributed by atoms with Gasteiger partial charge >= 0.3 is 5.97 Å². The Balaban J connectivity index is 1.43. The van der Waals surface area contributed by atoms with E-state index in [2.05, 4.69) is 0 Å². The first kappa shape index (κ1) is 22.1. The largest absolute Gasteiger partial charge is 0.462 e. The molecule has 0 radical (unpaired) electrons. The summed E-state index contributed by atoms with van der Waals surface area (Å²) in [7, 11) is 0. The van der Waals surface area contributed by atoms with E-state index in [-0.39, 0.29) is 34.3 Å². The van der Waals surface area contributed by atoms with Gasteiger partial charge in [0.2, 0.25) is 5.12 Å². The van der Waals surface area contributed by atoms with Gasteiger partial charge in [0.25, 0.3) is 11.8 Å². The molecule has 1 saturated carbocycles. The highest BCUT2D eigenvalue weighted by Gasteiger charge is 2.40. The number of ether oxygens (including phenoxy) is 1. The van der Waals surface area contributed by atoms with Gasteiger partial charge in [-0.3, -0.25) is 19.2 Å². The summed E-state index contributed by atoms with van der Waals surface area (Å²) >= 11 is 7.03. The number of amides is 2. The van der Waals surface area contributed by atoms with Gasteiger partial charge in [-0.15, -0.1) is 0 Å². The van der Waals surface area contributed by atoms with Gasteiger partial charge in [0.1, 0.15) is 6.10 Å². The molecule has 1 fully saturated rings. The molecule has 6 nitrogen and oxygen atoms in total. The van der Waals surface area contributed by atoms with Crippen molar-refractivity contribution < 1.29 is 23.9 Å². The minimum Gasteiger partial charge on any atom is -0.462 e. The molecule has 2 amide bonds. The molecule has 0 atom stereocenters. The molecule has 31 heavy (non-hydrogen) atoms. The number of esters is 1. The minimum atomic E-state index is -0.417. The van der Waals surface area contributed by atoms with Gasteiger partial charge in [-0.05, 0) is 69.6 Å². The molecule has 8 heteroatoms. The summed E-state index contributed by atoms with van der Waals surface area (Å²) in [5, 5.41) is -0.192. The second-order valence-electron chi connectivity index (χ2n) is 8.10. The number of hydrogen-bond donors (Lipinski definition) is 0.